The summed E-state index contributed by atoms with van der Waals surface area (Å²) in [4.78, 5) is 21.6. The molecule has 1 heterocycles. The fourth-order valence-electron chi connectivity index (χ4n) is 1.36. The van der Waals surface area contributed by atoms with Gasteiger partial charge in [-0.1, -0.05) is 6.07 Å². The summed E-state index contributed by atoms with van der Waals surface area (Å²) in [5, 5.41) is 14.9. The van der Waals surface area contributed by atoms with Gasteiger partial charge in [0.05, 0.1) is 6.42 Å². The summed E-state index contributed by atoms with van der Waals surface area (Å²) in [5.41, 5.74) is 0. The van der Waals surface area contributed by atoms with E-state index in [1.807, 2.05) is 0 Å². The summed E-state index contributed by atoms with van der Waals surface area (Å²) >= 11 is 1.13. The molecule has 8 nitrogen and oxygen atoms in total. The molecule has 0 radical (unpaired) electrons. The largest absolute Gasteiger partial charge is 0.481 e. The van der Waals surface area contributed by atoms with E-state index in [-0.39, 0.29) is 30.3 Å². The maximum Gasteiger partial charge on any atom is 0.314 e. The van der Waals surface area contributed by atoms with Crippen molar-refractivity contribution < 1.29 is 23.1 Å². The van der Waals surface area contributed by atoms with Crippen molar-refractivity contribution in [1.29, 1.82) is 0 Å². The monoisotopic (exact) mass is 335 g/mol. The molecule has 2 amide bonds. The highest BCUT2D eigenvalue weighted by Crippen LogP contribution is 2.19. The zero-order chi connectivity index (χ0) is 15.9. The van der Waals surface area contributed by atoms with Crippen molar-refractivity contribution in [3.05, 3.63) is 17.5 Å². The van der Waals surface area contributed by atoms with Gasteiger partial charge >= 0.3 is 12.0 Å². The zero-order valence-corrected chi connectivity index (χ0v) is 13.0. The first-order chi connectivity index (χ1) is 9.84. The Kier molecular flexibility index (Phi) is 6.59. The second-order valence-corrected chi connectivity index (χ2v) is 7.30. The third-order valence-corrected chi connectivity index (χ3v) is 5.73. The van der Waals surface area contributed by atoms with E-state index in [0.29, 0.717) is 0 Å². The molecule has 0 aliphatic heterocycles. The molecule has 1 aromatic heterocycles. The SMILES string of the molecule is CN(CCNC(=O)NCCC(=O)O)S(=O)(=O)c1cccs1. The van der Waals surface area contributed by atoms with E-state index in [2.05, 4.69) is 10.6 Å². The van der Waals surface area contributed by atoms with Crippen LogP contribution in [0.3, 0.4) is 0 Å². The summed E-state index contributed by atoms with van der Waals surface area (Å²) in [6.07, 6.45) is -0.167. The highest BCUT2D eigenvalue weighted by molar-refractivity contribution is 7.91. The number of urea groups is 1. The number of nitrogens with one attached hydrogen (secondary N) is 2. The highest BCUT2D eigenvalue weighted by atomic mass is 32.2. The zero-order valence-electron chi connectivity index (χ0n) is 11.4. The Morgan fingerprint density at radius 2 is 2.00 bits per heavy atom. The van der Waals surface area contributed by atoms with E-state index in [0.717, 1.165) is 15.6 Å². The van der Waals surface area contributed by atoms with Gasteiger partial charge in [-0.3, -0.25) is 4.79 Å². The van der Waals surface area contributed by atoms with Crippen molar-refractivity contribution in [2.45, 2.75) is 10.6 Å². The van der Waals surface area contributed by atoms with E-state index in [4.69, 9.17) is 5.11 Å². The number of nitrogens with zero attached hydrogens (tertiary/aromatic N) is 1. The minimum atomic E-state index is -3.52. The summed E-state index contributed by atoms with van der Waals surface area (Å²) < 4.78 is 25.5. The lowest BCUT2D eigenvalue weighted by atomic mass is 10.4. The van der Waals surface area contributed by atoms with Crippen LogP contribution >= 0.6 is 11.3 Å². The standard InChI is InChI=1S/C11H17N3O5S2/c1-14(21(18,19)10-3-2-8-20-10)7-6-13-11(17)12-5-4-9(15)16/h2-3,8H,4-7H2,1H3,(H,15,16)(H2,12,13,17). The molecule has 0 aliphatic carbocycles. The molecule has 21 heavy (non-hydrogen) atoms. The van der Waals surface area contributed by atoms with Crippen LogP contribution in [-0.2, 0) is 14.8 Å². The van der Waals surface area contributed by atoms with E-state index in [1.54, 1.807) is 11.4 Å². The van der Waals surface area contributed by atoms with Gasteiger partial charge in [-0.25, -0.2) is 13.2 Å². The van der Waals surface area contributed by atoms with Crippen LogP contribution in [0.4, 0.5) is 4.79 Å². The molecule has 0 unspecified atom stereocenters. The van der Waals surface area contributed by atoms with E-state index >= 15 is 0 Å². The Labute approximate surface area is 126 Å². The summed E-state index contributed by atoms with van der Waals surface area (Å²) in [5.74, 6) is -1.00. The lowest BCUT2D eigenvalue weighted by Crippen LogP contribution is -2.41. The van der Waals surface area contributed by atoms with Gasteiger partial charge in [-0.05, 0) is 11.4 Å². The first kappa shape index (κ1) is 17.4. The summed E-state index contributed by atoms with van der Waals surface area (Å²) in [7, 11) is -2.09. The molecule has 118 valence electrons. The predicted molar refractivity (Wildman–Crippen MR) is 77.8 cm³/mol. The molecule has 1 aromatic rings. The number of carboxylic acids is 1. The van der Waals surface area contributed by atoms with Crippen molar-refractivity contribution in [1.82, 2.24) is 14.9 Å². The normalized spacial score (nSPS) is 11.3. The fraction of sp³-hybridized carbons (Fsp3) is 0.455. The number of carboxylic acid groups (broad SMARTS) is 1. The Hall–Kier alpha value is -1.65. The smallest absolute Gasteiger partial charge is 0.314 e. The Balaban J connectivity index is 2.32. The maximum atomic E-state index is 12.1. The minimum absolute atomic E-state index is 0.0184. The van der Waals surface area contributed by atoms with Crippen LogP contribution in [0.1, 0.15) is 6.42 Å². The maximum absolute atomic E-state index is 12.1. The molecular weight excluding hydrogens is 318 g/mol. The van der Waals surface area contributed by atoms with E-state index in [1.165, 1.54) is 13.1 Å². The number of hydrogen-bond acceptors (Lipinski definition) is 5. The third-order valence-electron chi connectivity index (χ3n) is 2.50. The quantitative estimate of drug-likeness (QED) is 0.625. The van der Waals surface area contributed by atoms with E-state index < -0.39 is 22.0 Å². The highest BCUT2D eigenvalue weighted by Gasteiger charge is 2.21. The molecule has 0 aliphatic rings. The average molecular weight is 335 g/mol. The van der Waals surface area contributed by atoms with Gasteiger partial charge in [0.1, 0.15) is 4.21 Å². The molecule has 0 saturated heterocycles. The van der Waals surface area contributed by atoms with Crippen molar-refractivity contribution in [2.24, 2.45) is 0 Å². The fourth-order valence-corrected chi connectivity index (χ4v) is 3.73. The number of sulfonamides is 1. The van der Waals surface area contributed by atoms with Crippen molar-refractivity contribution in [2.75, 3.05) is 26.7 Å². The van der Waals surface area contributed by atoms with Gasteiger partial charge in [0.2, 0.25) is 0 Å². The molecule has 0 fully saturated rings. The Bertz CT molecular complexity index is 571. The first-order valence-electron chi connectivity index (χ1n) is 6.07. The van der Waals surface area contributed by atoms with Gasteiger partial charge in [0.25, 0.3) is 10.0 Å². The molecule has 0 aromatic carbocycles. The van der Waals surface area contributed by atoms with Crippen LogP contribution in [0.15, 0.2) is 21.7 Å². The number of likely N-dealkylation sites (N-methyl/N-ethyl adjacent to an activating group) is 1. The average Bonchev–Trinajstić information content (AvgIpc) is 2.92. The number of hydrogen-bond donors (Lipinski definition) is 3. The van der Waals surface area contributed by atoms with Crippen molar-refractivity contribution in [3.8, 4) is 0 Å². The van der Waals surface area contributed by atoms with Gasteiger partial charge in [-0.2, -0.15) is 4.31 Å². The molecule has 0 bridgehead atoms. The molecule has 0 spiro atoms. The van der Waals surface area contributed by atoms with Crippen molar-refractivity contribution in [3.63, 3.8) is 0 Å². The van der Waals surface area contributed by atoms with Crippen LogP contribution in [0.5, 0.6) is 0 Å². The molecule has 10 heteroatoms. The first-order valence-corrected chi connectivity index (χ1v) is 8.39. The minimum Gasteiger partial charge on any atom is -0.481 e. The molecule has 0 atom stereocenters. The Morgan fingerprint density at radius 1 is 1.33 bits per heavy atom. The van der Waals surface area contributed by atoms with E-state index in [9.17, 15) is 18.0 Å². The van der Waals surface area contributed by atoms with Gasteiger partial charge in [0, 0.05) is 26.7 Å². The van der Waals surface area contributed by atoms with Crippen LogP contribution in [0.25, 0.3) is 0 Å². The molecule has 3 N–H and O–H groups in total. The number of thiophene rings is 1. The summed E-state index contributed by atoms with van der Waals surface area (Å²) in [6.45, 7) is 0.261. The summed E-state index contributed by atoms with van der Waals surface area (Å²) in [6, 6.07) is 2.64. The Morgan fingerprint density at radius 3 is 2.57 bits per heavy atom. The van der Waals surface area contributed by atoms with Crippen LogP contribution < -0.4 is 10.6 Å². The van der Waals surface area contributed by atoms with Gasteiger partial charge < -0.3 is 15.7 Å². The number of carbonyl (C=O) groups is 2. The number of amides is 2. The predicted octanol–water partition coefficient (Wildman–Crippen LogP) is 0.143. The third kappa shape index (κ3) is 5.69. The lowest BCUT2D eigenvalue weighted by molar-refractivity contribution is -0.136. The number of aliphatic carboxylic acids is 1. The number of carbonyl (C=O) groups excluding carboxylic acids is 1. The van der Waals surface area contributed by atoms with Crippen molar-refractivity contribution >= 4 is 33.4 Å². The second kappa shape index (κ2) is 7.96. The van der Waals surface area contributed by atoms with Gasteiger partial charge in [-0.15, -0.1) is 11.3 Å². The van der Waals surface area contributed by atoms with Crippen LogP contribution in [-0.4, -0.2) is 56.5 Å². The molecule has 0 saturated carbocycles. The topological polar surface area (TPSA) is 116 Å². The molecular formula is C11H17N3O5S2. The van der Waals surface area contributed by atoms with Crippen LogP contribution in [0, 0.1) is 0 Å². The number of rotatable bonds is 8. The molecule has 1 rings (SSSR count). The van der Waals surface area contributed by atoms with Gasteiger partial charge in [0.15, 0.2) is 0 Å². The second-order valence-electron chi connectivity index (χ2n) is 4.09. The van der Waals surface area contributed by atoms with Crippen LogP contribution in [0.2, 0.25) is 0 Å². The lowest BCUT2D eigenvalue weighted by Gasteiger charge is -2.16.